The van der Waals surface area contributed by atoms with Crippen LogP contribution in [0.15, 0.2) is 36.7 Å². The van der Waals surface area contributed by atoms with E-state index in [0.717, 1.165) is 11.4 Å². The summed E-state index contributed by atoms with van der Waals surface area (Å²) >= 11 is 0. The van der Waals surface area contributed by atoms with Crippen LogP contribution in [0.5, 0.6) is 0 Å². The molecule has 1 heterocycles. The number of nitrogens with one attached hydrogen (secondary N) is 2. The maximum atomic E-state index is 11.8. The molecule has 0 aliphatic heterocycles. The van der Waals surface area contributed by atoms with E-state index in [1.54, 1.807) is 6.33 Å². The van der Waals surface area contributed by atoms with Crippen LogP contribution in [-0.2, 0) is 12.8 Å². The van der Waals surface area contributed by atoms with Crippen LogP contribution in [0.3, 0.4) is 0 Å². The largest absolute Gasteiger partial charge is 0.391 e. The first-order valence-electron chi connectivity index (χ1n) is 8.18. The SMILES string of the molecule is CC(C)n1cnnc1CCNC(=O)NC[C@H](O)Cc1ccccc1. The van der Waals surface area contributed by atoms with Crippen LogP contribution in [-0.4, -0.2) is 45.1 Å². The van der Waals surface area contributed by atoms with Gasteiger partial charge in [-0.15, -0.1) is 10.2 Å². The van der Waals surface area contributed by atoms with Crippen LogP contribution in [0.25, 0.3) is 0 Å². The highest BCUT2D eigenvalue weighted by Crippen LogP contribution is 2.06. The van der Waals surface area contributed by atoms with E-state index in [-0.39, 0.29) is 18.6 Å². The van der Waals surface area contributed by atoms with Gasteiger partial charge in [-0.05, 0) is 19.4 Å². The zero-order chi connectivity index (χ0) is 17.4. The van der Waals surface area contributed by atoms with Gasteiger partial charge in [0.15, 0.2) is 0 Å². The minimum absolute atomic E-state index is 0.211. The van der Waals surface area contributed by atoms with E-state index in [0.29, 0.717) is 19.4 Å². The highest BCUT2D eigenvalue weighted by atomic mass is 16.3. The van der Waals surface area contributed by atoms with Crippen molar-refractivity contribution >= 4 is 6.03 Å². The summed E-state index contributed by atoms with van der Waals surface area (Å²) in [6.07, 6.45) is 2.21. The normalized spacial score (nSPS) is 12.2. The lowest BCUT2D eigenvalue weighted by Gasteiger charge is -2.13. The minimum Gasteiger partial charge on any atom is -0.391 e. The summed E-state index contributed by atoms with van der Waals surface area (Å²) in [6.45, 7) is 4.79. The molecule has 0 bridgehead atoms. The fourth-order valence-electron chi connectivity index (χ4n) is 2.40. The van der Waals surface area contributed by atoms with Gasteiger partial charge in [0.1, 0.15) is 12.2 Å². The van der Waals surface area contributed by atoms with Crippen molar-refractivity contribution in [1.29, 1.82) is 0 Å². The van der Waals surface area contributed by atoms with Crippen LogP contribution < -0.4 is 10.6 Å². The Morgan fingerprint density at radius 2 is 2.00 bits per heavy atom. The lowest BCUT2D eigenvalue weighted by atomic mass is 10.1. The van der Waals surface area contributed by atoms with Gasteiger partial charge in [-0.1, -0.05) is 30.3 Å². The highest BCUT2D eigenvalue weighted by molar-refractivity contribution is 5.73. The molecule has 2 rings (SSSR count). The standard InChI is InChI=1S/C17H25N5O2/c1-13(2)22-12-20-21-16(22)8-9-18-17(24)19-11-15(23)10-14-6-4-3-5-7-14/h3-7,12-13,15,23H,8-11H2,1-2H3,(H2,18,19,24)/t15-/m1/s1. The molecule has 7 nitrogen and oxygen atoms in total. The number of amides is 2. The number of hydrogen-bond donors (Lipinski definition) is 3. The summed E-state index contributed by atoms with van der Waals surface area (Å²) in [6, 6.07) is 9.69. The second kappa shape index (κ2) is 9.02. The Bertz CT molecular complexity index is 627. The Hall–Kier alpha value is -2.41. The molecule has 2 amide bonds. The molecule has 3 N–H and O–H groups in total. The molecule has 0 saturated carbocycles. The second-order valence-corrected chi connectivity index (χ2v) is 5.98. The van der Waals surface area contributed by atoms with E-state index in [9.17, 15) is 9.90 Å². The van der Waals surface area contributed by atoms with E-state index in [1.165, 1.54) is 0 Å². The van der Waals surface area contributed by atoms with Gasteiger partial charge in [0.2, 0.25) is 0 Å². The van der Waals surface area contributed by atoms with Gasteiger partial charge >= 0.3 is 6.03 Å². The molecule has 1 aromatic carbocycles. The molecule has 0 fully saturated rings. The van der Waals surface area contributed by atoms with Gasteiger partial charge in [-0.3, -0.25) is 0 Å². The molecule has 0 aliphatic rings. The van der Waals surface area contributed by atoms with Gasteiger partial charge in [0, 0.05) is 32.0 Å². The van der Waals surface area contributed by atoms with Crippen LogP contribution in [0.4, 0.5) is 4.79 Å². The van der Waals surface area contributed by atoms with Crippen molar-refractivity contribution in [2.24, 2.45) is 0 Å². The average Bonchev–Trinajstić information content (AvgIpc) is 3.03. The summed E-state index contributed by atoms with van der Waals surface area (Å²) in [5.41, 5.74) is 1.04. The summed E-state index contributed by atoms with van der Waals surface area (Å²) in [7, 11) is 0. The Labute approximate surface area is 142 Å². The molecule has 130 valence electrons. The van der Waals surface area contributed by atoms with Gasteiger partial charge in [-0.2, -0.15) is 0 Å². The Balaban J connectivity index is 1.65. The number of carbonyl (C=O) groups is 1. The van der Waals surface area contributed by atoms with E-state index in [1.807, 2.05) is 34.9 Å². The van der Waals surface area contributed by atoms with Crippen molar-refractivity contribution in [3.05, 3.63) is 48.0 Å². The molecule has 1 atom stereocenters. The van der Waals surface area contributed by atoms with Crippen molar-refractivity contribution in [3.8, 4) is 0 Å². The van der Waals surface area contributed by atoms with Crippen molar-refractivity contribution in [2.45, 2.75) is 38.8 Å². The van der Waals surface area contributed by atoms with Gasteiger partial charge in [0.05, 0.1) is 6.10 Å². The van der Waals surface area contributed by atoms with Gasteiger partial charge in [0.25, 0.3) is 0 Å². The molecule has 0 saturated heterocycles. The number of urea groups is 1. The number of rotatable bonds is 8. The predicted octanol–water partition coefficient (Wildman–Crippen LogP) is 1.30. The van der Waals surface area contributed by atoms with Crippen LogP contribution in [0.1, 0.15) is 31.3 Å². The lowest BCUT2D eigenvalue weighted by Crippen LogP contribution is -2.41. The smallest absolute Gasteiger partial charge is 0.314 e. The maximum Gasteiger partial charge on any atom is 0.314 e. The maximum absolute atomic E-state index is 11.8. The average molecular weight is 331 g/mol. The molecular formula is C17H25N5O2. The first-order valence-corrected chi connectivity index (χ1v) is 8.18. The van der Waals surface area contributed by atoms with Crippen LogP contribution >= 0.6 is 0 Å². The number of aliphatic hydroxyl groups is 1. The third-order valence-electron chi connectivity index (χ3n) is 3.65. The third kappa shape index (κ3) is 5.66. The number of benzene rings is 1. The Morgan fingerprint density at radius 1 is 1.25 bits per heavy atom. The van der Waals surface area contributed by atoms with Crippen molar-refractivity contribution < 1.29 is 9.90 Å². The summed E-state index contributed by atoms with van der Waals surface area (Å²) < 4.78 is 1.98. The molecule has 7 heteroatoms. The minimum atomic E-state index is -0.609. The highest BCUT2D eigenvalue weighted by Gasteiger charge is 2.09. The molecule has 0 spiro atoms. The van der Waals surface area contributed by atoms with Crippen molar-refractivity contribution in [3.63, 3.8) is 0 Å². The topological polar surface area (TPSA) is 92.1 Å². The van der Waals surface area contributed by atoms with Crippen LogP contribution in [0, 0.1) is 0 Å². The van der Waals surface area contributed by atoms with Crippen molar-refractivity contribution in [2.75, 3.05) is 13.1 Å². The molecule has 0 radical (unpaired) electrons. The summed E-state index contributed by atoms with van der Waals surface area (Å²) in [4.78, 5) is 11.8. The first kappa shape index (κ1) is 17.9. The number of carbonyl (C=O) groups excluding carboxylic acids is 1. The number of hydrogen-bond acceptors (Lipinski definition) is 4. The number of aliphatic hydroxyl groups excluding tert-OH is 1. The molecule has 2 aromatic rings. The summed E-state index contributed by atoms with van der Waals surface area (Å²) in [5, 5.41) is 23.4. The van der Waals surface area contributed by atoms with E-state index in [4.69, 9.17) is 0 Å². The summed E-state index contributed by atoms with van der Waals surface area (Å²) in [5.74, 6) is 0.842. The van der Waals surface area contributed by atoms with E-state index < -0.39 is 6.10 Å². The monoisotopic (exact) mass is 331 g/mol. The number of nitrogens with zero attached hydrogens (tertiary/aromatic N) is 3. The zero-order valence-corrected chi connectivity index (χ0v) is 14.1. The molecule has 1 aromatic heterocycles. The van der Waals surface area contributed by atoms with E-state index in [2.05, 4.69) is 34.7 Å². The zero-order valence-electron chi connectivity index (χ0n) is 14.1. The van der Waals surface area contributed by atoms with Crippen molar-refractivity contribution in [1.82, 2.24) is 25.4 Å². The molecular weight excluding hydrogens is 306 g/mol. The molecule has 24 heavy (non-hydrogen) atoms. The predicted molar refractivity (Wildman–Crippen MR) is 91.7 cm³/mol. The van der Waals surface area contributed by atoms with Gasteiger partial charge < -0.3 is 20.3 Å². The van der Waals surface area contributed by atoms with Crippen LogP contribution in [0.2, 0.25) is 0 Å². The third-order valence-corrected chi connectivity index (χ3v) is 3.65. The van der Waals surface area contributed by atoms with E-state index >= 15 is 0 Å². The second-order valence-electron chi connectivity index (χ2n) is 5.98. The van der Waals surface area contributed by atoms with Gasteiger partial charge in [-0.25, -0.2) is 4.79 Å². The quantitative estimate of drug-likeness (QED) is 0.680. The fraction of sp³-hybridized carbons (Fsp3) is 0.471. The Morgan fingerprint density at radius 3 is 2.71 bits per heavy atom. The fourth-order valence-corrected chi connectivity index (χ4v) is 2.40. The molecule has 0 unspecified atom stereocenters. The number of aromatic nitrogens is 3. The first-order chi connectivity index (χ1) is 11.6. The lowest BCUT2D eigenvalue weighted by molar-refractivity contribution is 0.170. The molecule has 0 aliphatic carbocycles. The Kier molecular flexibility index (Phi) is 6.74.